The molecule has 2 N–H and O–H groups in total. The number of hydrazine groups is 1. The first-order chi connectivity index (χ1) is 8.81. The number of hydrogen-bond donors (Lipinski definition) is 1. The number of nitrogens with zero attached hydrogens (tertiary/aromatic N) is 1. The molecule has 0 heterocycles. The number of rotatable bonds is 3. The normalized spacial score (nSPS) is 11.4. The second-order valence-corrected chi connectivity index (χ2v) is 4.98. The van der Waals surface area contributed by atoms with Crippen LogP contribution in [0.4, 0.5) is 4.79 Å². The highest BCUT2D eigenvalue weighted by Gasteiger charge is 2.18. The first-order valence-electron chi connectivity index (χ1n) is 5.91. The summed E-state index contributed by atoms with van der Waals surface area (Å²) < 4.78 is 10.2. The van der Waals surface area contributed by atoms with Crippen LogP contribution in [0.2, 0.25) is 0 Å². The van der Waals surface area contributed by atoms with Crippen molar-refractivity contribution in [3.05, 3.63) is 36.0 Å². The van der Waals surface area contributed by atoms with E-state index in [1.54, 1.807) is 34.0 Å². The van der Waals surface area contributed by atoms with E-state index in [4.69, 9.17) is 15.3 Å². The molecule has 1 aromatic carbocycles. The van der Waals surface area contributed by atoms with Crippen molar-refractivity contribution in [2.45, 2.75) is 26.4 Å². The minimum atomic E-state index is -0.600. The van der Waals surface area contributed by atoms with Gasteiger partial charge in [-0.2, -0.15) is 0 Å². The molecular formula is C14H20N2O3. The van der Waals surface area contributed by atoms with Crippen molar-refractivity contribution in [2.75, 3.05) is 7.11 Å². The third kappa shape index (κ3) is 5.44. The van der Waals surface area contributed by atoms with Crippen LogP contribution in [0.3, 0.4) is 0 Å². The largest absolute Gasteiger partial charge is 0.497 e. The van der Waals surface area contributed by atoms with E-state index in [0.29, 0.717) is 0 Å². The first-order valence-corrected chi connectivity index (χ1v) is 5.91. The maximum Gasteiger partial charge on any atom is 0.428 e. The average Bonchev–Trinajstić information content (AvgIpc) is 2.34. The molecule has 0 atom stereocenters. The van der Waals surface area contributed by atoms with E-state index in [1.165, 1.54) is 6.20 Å². The summed E-state index contributed by atoms with van der Waals surface area (Å²) >= 11 is 0. The van der Waals surface area contributed by atoms with E-state index in [-0.39, 0.29) is 0 Å². The molecule has 0 aromatic heterocycles. The van der Waals surface area contributed by atoms with E-state index in [9.17, 15) is 4.79 Å². The number of methoxy groups -OCH3 is 1. The van der Waals surface area contributed by atoms with Gasteiger partial charge in [0.05, 0.1) is 7.11 Å². The molecule has 0 saturated carbocycles. The number of benzene rings is 1. The van der Waals surface area contributed by atoms with Crippen molar-refractivity contribution >= 4 is 12.2 Å². The lowest BCUT2D eigenvalue weighted by Crippen LogP contribution is -2.37. The molecule has 1 aromatic rings. The van der Waals surface area contributed by atoms with Crippen LogP contribution in [0.1, 0.15) is 26.3 Å². The Morgan fingerprint density at radius 3 is 2.32 bits per heavy atom. The van der Waals surface area contributed by atoms with E-state index in [0.717, 1.165) is 16.3 Å². The summed E-state index contributed by atoms with van der Waals surface area (Å²) in [5.41, 5.74) is 0.336. The fraction of sp³-hybridized carbons (Fsp3) is 0.357. The summed E-state index contributed by atoms with van der Waals surface area (Å²) in [7, 11) is 1.61. The Hall–Kier alpha value is -2.01. The lowest BCUT2D eigenvalue weighted by Gasteiger charge is -2.22. The molecule has 0 aliphatic carbocycles. The molecule has 0 spiro atoms. The predicted molar refractivity (Wildman–Crippen MR) is 74.3 cm³/mol. The van der Waals surface area contributed by atoms with Crippen LogP contribution in [-0.4, -0.2) is 23.8 Å². The van der Waals surface area contributed by atoms with Gasteiger partial charge < -0.3 is 9.47 Å². The third-order valence-electron chi connectivity index (χ3n) is 2.15. The quantitative estimate of drug-likeness (QED) is 0.518. The highest BCUT2D eigenvalue weighted by atomic mass is 16.6. The molecule has 1 amide bonds. The van der Waals surface area contributed by atoms with Crippen molar-refractivity contribution in [3.63, 3.8) is 0 Å². The number of hydrogen-bond acceptors (Lipinski definition) is 4. The summed E-state index contributed by atoms with van der Waals surface area (Å²) in [6.45, 7) is 5.35. The van der Waals surface area contributed by atoms with Crippen LogP contribution in [-0.2, 0) is 4.74 Å². The van der Waals surface area contributed by atoms with Gasteiger partial charge in [-0.15, -0.1) is 0 Å². The Labute approximate surface area is 113 Å². The zero-order valence-electron chi connectivity index (χ0n) is 11.7. The lowest BCUT2D eigenvalue weighted by molar-refractivity contribution is 0.0335. The molecule has 0 unspecified atom stereocenters. The molecule has 5 heteroatoms. The fourth-order valence-electron chi connectivity index (χ4n) is 1.26. The zero-order valence-corrected chi connectivity index (χ0v) is 11.7. The van der Waals surface area contributed by atoms with E-state index >= 15 is 0 Å². The highest BCUT2D eigenvalue weighted by Crippen LogP contribution is 2.13. The van der Waals surface area contributed by atoms with Crippen LogP contribution < -0.4 is 10.6 Å². The second kappa shape index (κ2) is 6.24. The minimum absolute atomic E-state index is 0.567. The molecule has 0 fully saturated rings. The van der Waals surface area contributed by atoms with Gasteiger partial charge in [-0.1, -0.05) is 12.1 Å². The van der Waals surface area contributed by atoms with E-state index in [1.807, 2.05) is 24.3 Å². The predicted octanol–water partition coefficient (Wildman–Crippen LogP) is 2.78. The van der Waals surface area contributed by atoms with Gasteiger partial charge in [-0.05, 0) is 44.5 Å². The van der Waals surface area contributed by atoms with Crippen molar-refractivity contribution in [1.82, 2.24) is 5.01 Å². The Balaban J connectivity index is 2.62. The molecule has 0 aliphatic rings. The van der Waals surface area contributed by atoms with Gasteiger partial charge in [-0.25, -0.2) is 15.6 Å². The van der Waals surface area contributed by atoms with Crippen LogP contribution in [0, 0.1) is 0 Å². The van der Waals surface area contributed by atoms with Gasteiger partial charge in [0.1, 0.15) is 11.4 Å². The Morgan fingerprint density at radius 1 is 1.26 bits per heavy atom. The van der Waals surface area contributed by atoms with Crippen LogP contribution in [0.5, 0.6) is 5.75 Å². The van der Waals surface area contributed by atoms with Gasteiger partial charge in [0.15, 0.2) is 0 Å². The number of amides is 1. The zero-order chi connectivity index (χ0) is 14.5. The third-order valence-corrected chi connectivity index (χ3v) is 2.15. The fourth-order valence-corrected chi connectivity index (χ4v) is 1.26. The topological polar surface area (TPSA) is 64.8 Å². The van der Waals surface area contributed by atoms with Gasteiger partial charge in [0.25, 0.3) is 0 Å². The van der Waals surface area contributed by atoms with Gasteiger partial charge in [-0.3, -0.25) is 0 Å². The SMILES string of the molecule is COc1ccc(/C=C/N(N)C(=O)OC(C)(C)C)cc1. The molecule has 1 rings (SSSR count). The maximum absolute atomic E-state index is 11.6. The van der Waals surface area contributed by atoms with Crippen molar-refractivity contribution in [2.24, 2.45) is 5.84 Å². The van der Waals surface area contributed by atoms with Crippen molar-refractivity contribution in [1.29, 1.82) is 0 Å². The van der Waals surface area contributed by atoms with Crippen molar-refractivity contribution in [3.8, 4) is 5.75 Å². The number of carbonyl (C=O) groups is 1. The van der Waals surface area contributed by atoms with E-state index in [2.05, 4.69) is 0 Å². The standard InChI is InChI=1S/C14H20N2O3/c1-14(2,3)19-13(17)16(15)10-9-11-5-7-12(18-4)8-6-11/h5-10H,15H2,1-4H3/b10-9+. The molecule has 0 saturated heterocycles. The second-order valence-electron chi connectivity index (χ2n) is 4.98. The minimum Gasteiger partial charge on any atom is -0.497 e. The monoisotopic (exact) mass is 264 g/mol. The van der Waals surface area contributed by atoms with Crippen LogP contribution >= 0.6 is 0 Å². The Kier molecular flexibility index (Phi) is 4.94. The summed E-state index contributed by atoms with van der Waals surface area (Å²) in [5.74, 6) is 6.35. The first kappa shape index (κ1) is 15.0. The molecule has 19 heavy (non-hydrogen) atoms. The smallest absolute Gasteiger partial charge is 0.428 e. The summed E-state index contributed by atoms with van der Waals surface area (Å²) in [4.78, 5) is 11.6. The number of ether oxygens (including phenoxy) is 2. The van der Waals surface area contributed by atoms with E-state index < -0.39 is 11.7 Å². The van der Waals surface area contributed by atoms with Crippen LogP contribution in [0.25, 0.3) is 6.08 Å². The van der Waals surface area contributed by atoms with Gasteiger partial charge >= 0.3 is 6.09 Å². The number of nitrogens with two attached hydrogens (primary N) is 1. The summed E-state index contributed by atoms with van der Waals surface area (Å²) in [5, 5.41) is 0.912. The molecule has 104 valence electrons. The van der Waals surface area contributed by atoms with Crippen molar-refractivity contribution < 1.29 is 14.3 Å². The Morgan fingerprint density at radius 2 is 1.84 bits per heavy atom. The molecule has 5 nitrogen and oxygen atoms in total. The number of carbonyl (C=O) groups excluding carboxylic acids is 1. The highest BCUT2D eigenvalue weighted by molar-refractivity contribution is 5.70. The Bertz CT molecular complexity index is 447. The summed E-state index contributed by atoms with van der Waals surface area (Å²) in [6.07, 6.45) is 2.57. The summed E-state index contributed by atoms with van der Waals surface area (Å²) in [6, 6.07) is 7.37. The maximum atomic E-state index is 11.6. The molecular weight excluding hydrogens is 244 g/mol. The van der Waals surface area contributed by atoms with Crippen LogP contribution in [0.15, 0.2) is 30.5 Å². The molecule has 0 bridgehead atoms. The van der Waals surface area contributed by atoms with Gasteiger partial charge in [0, 0.05) is 6.20 Å². The molecule has 0 radical (unpaired) electrons. The van der Waals surface area contributed by atoms with Gasteiger partial charge in [0.2, 0.25) is 0 Å². The molecule has 0 aliphatic heterocycles. The lowest BCUT2D eigenvalue weighted by atomic mass is 10.2. The average molecular weight is 264 g/mol.